The van der Waals surface area contributed by atoms with Gasteiger partial charge in [0.1, 0.15) is 5.69 Å². The lowest BCUT2D eigenvalue weighted by atomic mass is 9.84. The number of hydrogen-bond acceptors (Lipinski definition) is 4. The lowest BCUT2D eigenvalue weighted by molar-refractivity contribution is -0.138. The molecule has 0 saturated carbocycles. The largest absolute Gasteiger partial charge is 0.481 e. The van der Waals surface area contributed by atoms with Crippen molar-refractivity contribution in [1.82, 2.24) is 9.97 Å². The third-order valence-corrected chi connectivity index (χ3v) is 6.40. The summed E-state index contributed by atoms with van der Waals surface area (Å²) in [6.07, 6.45) is 1.43. The van der Waals surface area contributed by atoms with Crippen LogP contribution in [-0.4, -0.2) is 35.9 Å². The Labute approximate surface area is 194 Å². The number of pyridine rings is 1. The highest BCUT2D eigenvalue weighted by Gasteiger charge is 2.31. The predicted octanol–water partition coefficient (Wildman–Crippen LogP) is 5.72. The van der Waals surface area contributed by atoms with Gasteiger partial charge in [0.2, 0.25) is 5.78 Å². The summed E-state index contributed by atoms with van der Waals surface area (Å²) in [5, 5.41) is 10.8. The third kappa shape index (κ3) is 4.95. The number of carbonyl (C=O) groups is 2. The lowest BCUT2D eigenvalue weighted by Crippen LogP contribution is -2.26. The SMILES string of the molecule is CC(C(=O)O)c1c(C(=O)c2cc(C(O[SiH](C)C)C(C)(C)C)ccn2)[nH]c2ccc(Cl)cc12. The molecule has 3 aromatic rings. The van der Waals surface area contributed by atoms with Crippen molar-refractivity contribution in [3.05, 3.63) is 64.1 Å². The number of nitrogens with one attached hydrogen (secondary N) is 1. The summed E-state index contributed by atoms with van der Waals surface area (Å²) in [6, 6.07) is 8.74. The summed E-state index contributed by atoms with van der Waals surface area (Å²) in [5.74, 6) is -2.29. The smallest absolute Gasteiger partial charge is 0.310 e. The van der Waals surface area contributed by atoms with E-state index < -0.39 is 20.9 Å². The van der Waals surface area contributed by atoms with Crippen LogP contribution in [0.2, 0.25) is 18.1 Å². The van der Waals surface area contributed by atoms with Crippen LogP contribution in [0.5, 0.6) is 0 Å². The van der Waals surface area contributed by atoms with E-state index in [0.29, 0.717) is 21.5 Å². The van der Waals surface area contributed by atoms with Crippen molar-refractivity contribution in [1.29, 1.82) is 0 Å². The number of carboxylic acids is 1. The molecule has 32 heavy (non-hydrogen) atoms. The standard InChI is InChI=1S/C24H29ClN2O4Si/c1-13(23(29)30)19-16-12-15(25)7-8-17(16)27-20(19)21(28)18-11-14(9-10-26-18)22(24(2,3)4)31-32(5)6/h7-13,22,27,32H,1-6H3,(H,29,30). The number of aromatic nitrogens is 2. The first-order valence-corrected chi connectivity index (χ1v) is 13.8. The van der Waals surface area contributed by atoms with Crippen LogP contribution in [0.4, 0.5) is 0 Å². The zero-order valence-electron chi connectivity index (χ0n) is 19.2. The van der Waals surface area contributed by atoms with Gasteiger partial charge in [-0.3, -0.25) is 14.6 Å². The molecule has 2 aromatic heterocycles. The minimum Gasteiger partial charge on any atom is -0.481 e. The summed E-state index contributed by atoms with van der Waals surface area (Å²) in [4.78, 5) is 32.8. The summed E-state index contributed by atoms with van der Waals surface area (Å²) in [5.41, 5.74) is 2.23. The van der Waals surface area contributed by atoms with E-state index in [-0.39, 0.29) is 28.7 Å². The minimum atomic E-state index is -1.35. The van der Waals surface area contributed by atoms with Gasteiger partial charge in [-0.15, -0.1) is 0 Å². The fourth-order valence-corrected chi connectivity index (χ4v) is 5.14. The molecule has 0 aliphatic heterocycles. The molecule has 6 nitrogen and oxygen atoms in total. The Hall–Kier alpha value is -2.48. The van der Waals surface area contributed by atoms with Gasteiger partial charge in [-0.05, 0) is 61.3 Å². The van der Waals surface area contributed by atoms with Gasteiger partial charge in [-0.1, -0.05) is 32.4 Å². The molecule has 0 spiro atoms. The van der Waals surface area contributed by atoms with E-state index in [2.05, 4.69) is 43.8 Å². The Kier molecular flexibility index (Phi) is 6.93. The summed E-state index contributed by atoms with van der Waals surface area (Å²) >= 11 is 6.15. The van der Waals surface area contributed by atoms with Crippen molar-refractivity contribution < 1.29 is 19.1 Å². The average molecular weight is 473 g/mol. The normalized spacial score (nSPS) is 14.0. The van der Waals surface area contributed by atoms with Gasteiger partial charge >= 0.3 is 5.97 Å². The third-order valence-electron chi connectivity index (χ3n) is 5.35. The van der Waals surface area contributed by atoms with Crippen LogP contribution in [-0.2, 0) is 9.22 Å². The molecular weight excluding hydrogens is 444 g/mol. The highest BCUT2D eigenvalue weighted by atomic mass is 35.5. The molecule has 0 aliphatic rings. The summed E-state index contributed by atoms with van der Waals surface area (Å²) in [6.45, 7) is 12.1. The molecule has 8 heteroatoms. The molecule has 0 radical (unpaired) electrons. The Morgan fingerprint density at radius 3 is 2.47 bits per heavy atom. The number of aromatic amines is 1. The highest BCUT2D eigenvalue weighted by molar-refractivity contribution is 6.48. The predicted molar refractivity (Wildman–Crippen MR) is 129 cm³/mol. The van der Waals surface area contributed by atoms with E-state index in [1.165, 1.54) is 0 Å². The van der Waals surface area contributed by atoms with Crippen LogP contribution in [0.15, 0.2) is 36.5 Å². The number of fused-ring (bicyclic) bond motifs is 1. The van der Waals surface area contributed by atoms with Crippen LogP contribution in [0.3, 0.4) is 0 Å². The molecular formula is C24H29ClN2O4Si. The minimum absolute atomic E-state index is 0.167. The van der Waals surface area contributed by atoms with Crippen LogP contribution in [0, 0.1) is 5.41 Å². The Balaban J connectivity index is 2.13. The van der Waals surface area contributed by atoms with E-state index in [9.17, 15) is 14.7 Å². The van der Waals surface area contributed by atoms with Gasteiger partial charge in [0.15, 0.2) is 9.04 Å². The van der Waals surface area contributed by atoms with E-state index in [1.54, 1.807) is 37.4 Å². The molecule has 0 bridgehead atoms. The van der Waals surface area contributed by atoms with Gasteiger partial charge < -0.3 is 14.5 Å². The number of nitrogens with zero attached hydrogens (tertiary/aromatic N) is 1. The van der Waals surface area contributed by atoms with Crippen molar-refractivity contribution >= 4 is 43.3 Å². The number of H-pyrrole nitrogens is 1. The maximum absolute atomic E-state index is 13.5. The van der Waals surface area contributed by atoms with Gasteiger partial charge in [0.25, 0.3) is 0 Å². The molecule has 1 aromatic carbocycles. The zero-order chi connectivity index (χ0) is 23.8. The molecule has 2 N–H and O–H groups in total. The second-order valence-corrected chi connectivity index (χ2v) is 12.2. The molecule has 3 rings (SSSR count). The van der Waals surface area contributed by atoms with Crippen molar-refractivity contribution in [3.8, 4) is 0 Å². The Morgan fingerprint density at radius 2 is 1.88 bits per heavy atom. The second-order valence-electron chi connectivity index (χ2n) is 9.40. The van der Waals surface area contributed by atoms with E-state index >= 15 is 0 Å². The van der Waals surface area contributed by atoms with E-state index in [1.807, 2.05) is 6.07 Å². The first kappa shape index (κ1) is 24.2. The number of ketones is 1. The summed E-state index contributed by atoms with van der Waals surface area (Å²) < 4.78 is 6.30. The fourth-order valence-electron chi connectivity index (χ4n) is 3.85. The highest BCUT2D eigenvalue weighted by Crippen LogP contribution is 2.37. The number of rotatable bonds is 7. The molecule has 170 valence electrons. The maximum atomic E-state index is 13.5. The Morgan fingerprint density at radius 1 is 1.19 bits per heavy atom. The first-order valence-electron chi connectivity index (χ1n) is 10.6. The lowest BCUT2D eigenvalue weighted by Gasteiger charge is -2.33. The Bertz CT molecular complexity index is 1170. The zero-order valence-corrected chi connectivity index (χ0v) is 21.1. The van der Waals surface area contributed by atoms with Crippen LogP contribution in [0.1, 0.15) is 67.0 Å². The second kappa shape index (κ2) is 9.17. The quantitative estimate of drug-likeness (QED) is 0.338. The number of halogens is 1. The van der Waals surface area contributed by atoms with E-state index in [4.69, 9.17) is 16.0 Å². The number of hydrogen-bond donors (Lipinski definition) is 2. The number of benzene rings is 1. The van der Waals surface area contributed by atoms with Crippen LogP contribution < -0.4 is 0 Å². The van der Waals surface area contributed by atoms with Gasteiger partial charge in [0.05, 0.1) is 17.7 Å². The average Bonchev–Trinajstić information content (AvgIpc) is 3.08. The van der Waals surface area contributed by atoms with Crippen LogP contribution in [0.25, 0.3) is 10.9 Å². The van der Waals surface area contributed by atoms with Crippen molar-refractivity contribution in [2.45, 2.75) is 52.8 Å². The molecule has 2 atom stereocenters. The van der Waals surface area contributed by atoms with Crippen molar-refractivity contribution in [3.63, 3.8) is 0 Å². The molecule has 0 saturated heterocycles. The molecule has 2 heterocycles. The first-order chi connectivity index (χ1) is 14.9. The monoisotopic (exact) mass is 472 g/mol. The topological polar surface area (TPSA) is 92.3 Å². The van der Waals surface area contributed by atoms with Gasteiger partial charge in [0, 0.05) is 27.7 Å². The maximum Gasteiger partial charge on any atom is 0.310 e. The molecule has 2 unspecified atom stereocenters. The molecule has 0 amide bonds. The van der Waals surface area contributed by atoms with Crippen LogP contribution >= 0.6 is 11.6 Å². The van der Waals surface area contributed by atoms with E-state index in [0.717, 1.165) is 5.56 Å². The van der Waals surface area contributed by atoms with Crippen molar-refractivity contribution in [2.75, 3.05) is 0 Å². The fraction of sp³-hybridized carbons (Fsp3) is 0.375. The van der Waals surface area contributed by atoms with Crippen molar-refractivity contribution in [2.24, 2.45) is 5.41 Å². The number of carboxylic acid groups (broad SMARTS) is 1. The molecule has 0 fully saturated rings. The van der Waals surface area contributed by atoms with Gasteiger partial charge in [-0.2, -0.15) is 0 Å². The molecule has 0 aliphatic carbocycles. The van der Waals surface area contributed by atoms with Gasteiger partial charge in [-0.25, -0.2) is 0 Å². The summed E-state index contributed by atoms with van der Waals surface area (Å²) in [7, 11) is -1.35. The number of aliphatic carboxylic acids is 1. The number of carbonyl (C=O) groups excluding carboxylic acids is 1.